The molecule has 148 valence electrons. The van der Waals surface area contributed by atoms with E-state index in [2.05, 4.69) is 0 Å². The van der Waals surface area contributed by atoms with Gasteiger partial charge in [0.25, 0.3) is 0 Å². The zero-order valence-electron chi connectivity index (χ0n) is 16.2. The Morgan fingerprint density at radius 1 is 1.26 bits per heavy atom. The minimum atomic E-state index is -1.61. The minimum Gasteiger partial charge on any atom is -0.458 e. The lowest BCUT2D eigenvalue weighted by atomic mass is 9.80. The maximum absolute atomic E-state index is 12.6. The number of rotatable bonds is 2. The molecule has 0 spiro atoms. The van der Waals surface area contributed by atoms with E-state index in [0.717, 1.165) is 0 Å². The standard InChI is InChI=1S/C20H26O7/c1-6-9(2)17(22)26-12-8-20(5,25)14-11(21)7-19(4,24)15(14)16-13(12)10(3)18(23)27-16/h6,10,12-13,16,24-25H,7-8H2,1-5H3. The van der Waals surface area contributed by atoms with E-state index in [9.17, 15) is 24.6 Å². The first-order chi connectivity index (χ1) is 12.4. The third-order valence-electron chi connectivity index (χ3n) is 6.04. The van der Waals surface area contributed by atoms with Crippen molar-refractivity contribution in [1.82, 2.24) is 0 Å². The normalized spacial score (nSPS) is 41.8. The van der Waals surface area contributed by atoms with E-state index in [0.29, 0.717) is 5.57 Å². The number of aliphatic hydroxyl groups is 2. The molecular formula is C20H26O7. The minimum absolute atomic E-state index is 0.0570. The van der Waals surface area contributed by atoms with Gasteiger partial charge in [-0.25, -0.2) is 4.79 Å². The molecule has 1 saturated heterocycles. The van der Waals surface area contributed by atoms with Crippen LogP contribution in [0.25, 0.3) is 0 Å². The SMILES string of the molecule is CC=C(C)C(=O)OC1CC(C)(O)C2=C(C3OC(=O)C(C)C13)C(C)(O)CC2=O. The molecule has 7 heteroatoms. The quantitative estimate of drug-likeness (QED) is 0.549. The van der Waals surface area contributed by atoms with E-state index in [1.807, 2.05) is 0 Å². The summed E-state index contributed by atoms with van der Waals surface area (Å²) in [6, 6.07) is 0. The Morgan fingerprint density at radius 2 is 1.89 bits per heavy atom. The average Bonchev–Trinajstić information content (AvgIpc) is 2.93. The molecule has 1 fully saturated rings. The number of ether oxygens (including phenoxy) is 2. The predicted octanol–water partition coefficient (Wildman–Crippen LogP) is 1.22. The van der Waals surface area contributed by atoms with Crippen molar-refractivity contribution >= 4 is 17.7 Å². The maximum Gasteiger partial charge on any atom is 0.333 e. The summed E-state index contributed by atoms with van der Waals surface area (Å²) in [6.07, 6.45) is -0.380. The highest BCUT2D eigenvalue weighted by Crippen LogP contribution is 2.51. The second kappa shape index (κ2) is 6.27. The van der Waals surface area contributed by atoms with Gasteiger partial charge in [-0.15, -0.1) is 0 Å². The van der Waals surface area contributed by atoms with E-state index in [-0.39, 0.29) is 29.8 Å². The molecule has 0 aromatic rings. The van der Waals surface area contributed by atoms with E-state index < -0.39 is 47.2 Å². The fourth-order valence-corrected chi connectivity index (χ4v) is 4.55. The van der Waals surface area contributed by atoms with Crippen molar-refractivity contribution < 1.29 is 34.1 Å². The van der Waals surface area contributed by atoms with Crippen molar-refractivity contribution in [1.29, 1.82) is 0 Å². The van der Waals surface area contributed by atoms with Crippen LogP contribution in [0.4, 0.5) is 0 Å². The van der Waals surface area contributed by atoms with E-state index >= 15 is 0 Å². The molecule has 6 unspecified atom stereocenters. The second-order valence-corrected chi connectivity index (χ2v) is 8.28. The number of hydrogen-bond donors (Lipinski definition) is 2. The number of carbonyl (C=O) groups excluding carboxylic acids is 3. The first-order valence-corrected chi connectivity index (χ1v) is 9.18. The lowest BCUT2D eigenvalue weighted by molar-refractivity contribution is -0.151. The first kappa shape index (κ1) is 19.8. The zero-order valence-corrected chi connectivity index (χ0v) is 16.2. The number of ketones is 1. The molecule has 7 nitrogen and oxygen atoms in total. The topological polar surface area (TPSA) is 110 Å². The Morgan fingerprint density at radius 3 is 2.48 bits per heavy atom. The maximum atomic E-state index is 12.6. The van der Waals surface area contributed by atoms with Crippen LogP contribution < -0.4 is 0 Å². The molecule has 0 aromatic carbocycles. The van der Waals surface area contributed by atoms with Crippen LogP contribution in [0.3, 0.4) is 0 Å². The van der Waals surface area contributed by atoms with Gasteiger partial charge < -0.3 is 19.7 Å². The summed E-state index contributed by atoms with van der Waals surface area (Å²) < 4.78 is 11.2. The number of Topliss-reactive ketones (excluding diaryl/α,β-unsaturated/α-hetero) is 1. The molecule has 27 heavy (non-hydrogen) atoms. The molecule has 1 aliphatic heterocycles. The Labute approximate surface area is 158 Å². The predicted molar refractivity (Wildman–Crippen MR) is 94.4 cm³/mol. The highest BCUT2D eigenvalue weighted by Gasteiger charge is 2.61. The van der Waals surface area contributed by atoms with Gasteiger partial charge in [0.05, 0.1) is 23.0 Å². The van der Waals surface area contributed by atoms with Gasteiger partial charge in [0, 0.05) is 29.6 Å². The number of carbonyl (C=O) groups is 3. The van der Waals surface area contributed by atoms with Gasteiger partial charge in [-0.3, -0.25) is 9.59 Å². The lowest BCUT2D eigenvalue weighted by Gasteiger charge is -2.32. The summed E-state index contributed by atoms with van der Waals surface area (Å²) in [6.45, 7) is 7.94. The Hall–Kier alpha value is -1.99. The third-order valence-corrected chi connectivity index (χ3v) is 6.04. The highest BCUT2D eigenvalue weighted by atomic mass is 16.6. The lowest BCUT2D eigenvalue weighted by Crippen LogP contribution is -2.42. The third kappa shape index (κ3) is 3.02. The number of hydrogen-bond acceptors (Lipinski definition) is 7. The van der Waals surface area contributed by atoms with Crippen molar-refractivity contribution in [2.75, 3.05) is 0 Å². The molecule has 6 atom stereocenters. The summed E-state index contributed by atoms with van der Waals surface area (Å²) >= 11 is 0. The summed E-state index contributed by atoms with van der Waals surface area (Å²) in [5.41, 5.74) is -2.43. The van der Waals surface area contributed by atoms with E-state index in [1.165, 1.54) is 13.8 Å². The van der Waals surface area contributed by atoms with Crippen LogP contribution in [0.2, 0.25) is 0 Å². The summed E-state index contributed by atoms with van der Waals surface area (Å²) in [5, 5.41) is 21.9. The van der Waals surface area contributed by atoms with Gasteiger partial charge in [0.15, 0.2) is 5.78 Å². The first-order valence-electron chi connectivity index (χ1n) is 9.18. The molecule has 3 aliphatic rings. The molecule has 0 saturated carbocycles. The van der Waals surface area contributed by atoms with Gasteiger partial charge in [-0.05, 0) is 27.7 Å². The largest absolute Gasteiger partial charge is 0.458 e. The van der Waals surface area contributed by atoms with Gasteiger partial charge in [-0.1, -0.05) is 13.0 Å². The van der Waals surface area contributed by atoms with Crippen LogP contribution in [0.1, 0.15) is 47.5 Å². The fourth-order valence-electron chi connectivity index (χ4n) is 4.55. The van der Waals surface area contributed by atoms with Crippen molar-refractivity contribution in [2.24, 2.45) is 11.8 Å². The Bertz CT molecular complexity index is 771. The van der Waals surface area contributed by atoms with Crippen molar-refractivity contribution in [3.63, 3.8) is 0 Å². The zero-order chi connectivity index (χ0) is 20.3. The molecule has 0 bridgehead atoms. The number of fused-ring (bicyclic) bond motifs is 2. The summed E-state index contributed by atoms with van der Waals surface area (Å²) in [4.78, 5) is 37.2. The molecule has 3 rings (SSSR count). The molecular weight excluding hydrogens is 352 g/mol. The highest BCUT2D eigenvalue weighted by molar-refractivity contribution is 6.03. The van der Waals surface area contributed by atoms with Gasteiger partial charge >= 0.3 is 11.9 Å². The molecule has 2 N–H and O–H groups in total. The van der Waals surface area contributed by atoms with Crippen LogP contribution >= 0.6 is 0 Å². The fraction of sp³-hybridized carbons (Fsp3) is 0.650. The van der Waals surface area contributed by atoms with Crippen LogP contribution in [0.5, 0.6) is 0 Å². The Balaban J connectivity index is 2.11. The van der Waals surface area contributed by atoms with Crippen LogP contribution in [-0.2, 0) is 23.9 Å². The van der Waals surface area contributed by atoms with Crippen LogP contribution in [-0.4, -0.2) is 51.3 Å². The molecule has 0 radical (unpaired) electrons. The number of esters is 2. The number of allylic oxidation sites excluding steroid dienone is 1. The summed E-state index contributed by atoms with van der Waals surface area (Å²) in [7, 11) is 0. The van der Waals surface area contributed by atoms with E-state index in [4.69, 9.17) is 9.47 Å². The average molecular weight is 378 g/mol. The molecule has 0 aromatic heterocycles. The van der Waals surface area contributed by atoms with Crippen molar-refractivity contribution in [2.45, 2.75) is 70.9 Å². The Kier molecular flexibility index (Phi) is 4.59. The van der Waals surface area contributed by atoms with Gasteiger partial charge in [-0.2, -0.15) is 0 Å². The van der Waals surface area contributed by atoms with Crippen molar-refractivity contribution in [3.8, 4) is 0 Å². The molecule has 1 heterocycles. The summed E-state index contributed by atoms with van der Waals surface area (Å²) in [5.74, 6) is -2.61. The molecule has 0 amide bonds. The van der Waals surface area contributed by atoms with Gasteiger partial charge in [0.2, 0.25) is 0 Å². The smallest absolute Gasteiger partial charge is 0.333 e. The van der Waals surface area contributed by atoms with Crippen molar-refractivity contribution in [3.05, 3.63) is 22.8 Å². The second-order valence-electron chi connectivity index (χ2n) is 8.28. The molecule has 2 aliphatic carbocycles. The monoisotopic (exact) mass is 378 g/mol. The van der Waals surface area contributed by atoms with E-state index in [1.54, 1.807) is 26.8 Å². The van der Waals surface area contributed by atoms with Gasteiger partial charge in [0.1, 0.15) is 12.2 Å². The van der Waals surface area contributed by atoms with Crippen LogP contribution in [0, 0.1) is 11.8 Å². The van der Waals surface area contributed by atoms with Crippen LogP contribution in [0.15, 0.2) is 22.8 Å².